The van der Waals surface area contributed by atoms with Crippen molar-refractivity contribution < 1.29 is 30.5 Å². The third kappa shape index (κ3) is 6.38. The van der Waals surface area contributed by atoms with Gasteiger partial charge in [-0.3, -0.25) is 9.18 Å². The molecule has 2 aromatic carbocycles. The van der Waals surface area contributed by atoms with E-state index in [1.54, 1.807) is 6.07 Å². The normalized spacial score (nSPS) is 18.8. The van der Waals surface area contributed by atoms with E-state index in [1.165, 1.54) is 36.0 Å². The number of hydrogen-bond donors (Lipinski definition) is 0. The summed E-state index contributed by atoms with van der Waals surface area (Å²) in [5.41, 5.74) is -0.0164. The molecule has 2 unspecified atom stereocenters. The third-order valence-corrected chi connectivity index (χ3v) is 6.56. The van der Waals surface area contributed by atoms with Gasteiger partial charge in [0.15, 0.2) is 0 Å². The summed E-state index contributed by atoms with van der Waals surface area (Å²) in [6.07, 6.45) is -3.53. The fourth-order valence-corrected chi connectivity index (χ4v) is 4.56. The molecule has 0 bridgehead atoms. The molecule has 0 aromatic heterocycles. The predicted molar refractivity (Wildman–Crippen MR) is 116 cm³/mol. The molecule has 2 aromatic rings. The molecule has 3 rings (SSSR count). The molecule has 0 saturated heterocycles. The second-order valence-corrected chi connectivity index (χ2v) is 10.1. The Morgan fingerprint density at radius 1 is 1.19 bits per heavy atom. The fourth-order valence-electron chi connectivity index (χ4n) is 2.77. The van der Waals surface area contributed by atoms with Crippen molar-refractivity contribution in [3.63, 3.8) is 0 Å². The van der Waals surface area contributed by atoms with E-state index in [4.69, 9.17) is 25.8 Å². The quantitative estimate of drug-likeness (QED) is 0.515. The molecule has 1 heterocycles. The van der Waals surface area contributed by atoms with Crippen LogP contribution in [0.1, 0.15) is 16.7 Å². The van der Waals surface area contributed by atoms with Crippen LogP contribution >= 0.6 is 23.4 Å². The van der Waals surface area contributed by atoms with E-state index in [2.05, 4.69) is 4.99 Å². The van der Waals surface area contributed by atoms with Crippen LogP contribution in [-0.2, 0) is 20.5 Å². The first-order valence-corrected chi connectivity index (χ1v) is 12.1. The molecule has 0 saturated carbocycles. The molecule has 0 spiro atoms. The van der Waals surface area contributed by atoms with E-state index in [1.807, 2.05) is 6.07 Å². The second-order valence-electron chi connectivity index (χ2n) is 6.79. The van der Waals surface area contributed by atoms with Gasteiger partial charge < -0.3 is 4.74 Å². The monoisotopic (exact) mass is 504 g/mol. The Hall–Kier alpha value is -2.26. The number of aliphatic imine (C=N–C) groups is 1. The Kier molecular flexibility index (Phi) is 7.39. The molecule has 0 N–H and O–H groups in total. The highest BCUT2D eigenvalue weighted by atomic mass is 35.5. The van der Waals surface area contributed by atoms with Gasteiger partial charge in [-0.15, -0.1) is 0 Å². The molecule has 12 heteroatoms. The Bertz CT molecular complexity index is 1160. The van der Waals surface area contributed by atoms with E-state index in [-0.39, 0.29) is 23.5 Å². The van der Waals surface area contributed by atoms with Crippen LogP contribution in [0, 0.1) is 11.3 Å². The molecule has 0 fully saturated rings. The fraction of sp³-hybridized carbons (Fsp3) is 0.300. The topological polar surface area (TPSA) is 88.8 Å². The number of nitriles is 1. The van der Waals surface area contributed by atoms with Crippen molar-refractivity contribution in [2.75, 3.05) is 19.5 Å². The van der Waals surface area contributed by atoms with Gasteiger partial charge in [0.1, 0.15) is 18.4 Å². The number of ether oxygens (including phenoxy) is 1. The lowest BCUT2D eigenvalue weighted by atomic mass is 10.1. The van der Waals surface area contributed by atoms with Crippen LogP contribution in [0.4, 0.5) is 13.2 Å². The summed E-state index contributed by atoms with van der Waals surface area (Å²) in [7, 11) is -3.71. The summed E-state index contributed by atoms with van der Waals surface area (Å²) >= 11 is 7.25. The average molecular weight is 505 g/mol. The molecule has 1 aliphatic heterocycles. The van der Waals surface area contributed by atoms with Crippen LogP contribution in [0.25, 0.3) is 0 Å². The lowest BCUT2D eigenvalue weighted by Crippen LogP contribution is -2.29. The van der Waals surface area contributed by atoms with E-state index < -0.39 is 27.9 Å². The van der Waals surface area contributed by atoms with Crippen LogP contribution in [-0.4, -0.2) is 44.2 Å². The highest BCUT2D eigenvalue weighted by Crippen LogP contribution is 2.34. The van der Waals surface area contributed by atoms with Crippen molar-refractivity contribution >= 4 is 38.5 Å². The van der Waals surface area contributed by atoms with Gasteiger partial charge in [-0.1, -0.05) is 35.5 Å². The molecule has 6 nitrogen and oxygen atoms in total. The van der Waals surface area contributed by atoms with E-state index >= 15 is 0 Å². The molecule has 1 aliphatic rings. The molecule has 170 valence electrons. The summed E-state index contributed by atoms with van der Waals surface area (Å²) in [5.74, 6) is 0.403. The molecule has 32 heavy (non-hydrogen) atoms. The smallest absolute Gasteiger partial charge is 0.416 e. The van der Waals surface area contributed by atoms with Crippen molar-refractivity contribution in [1.82, 2.24) is 0 Å². The van der Waals surface area contributed by atoms with Crippen molar-refractivity contribution in [3.05, 3.63) is 64.2 Å². The zero-order valence-corrected chi connectivity index (χ0v) is 18.9. The zero-order valence-electron chi connectivity index (χ0n) is 16.5. The molecule has 0 aliphatic carbocycles. The number of nitrogens with zero attached hydrogens (tertiary/aromatic N) is 2. The zero-order chi connectivity index (χ0) is 23.5. The van der Waals surface area contributed by atoms with E-state index in [9.17, 15) is 21.6 Å². The Morgan fingerprint density at radius 3 is 2.44 bits per heavy atom. The van der Waals surface area contributed by atoms with E-state index in [0.717, 1.165) is 18.4 Å². The van der Waals surface area contributed by atoms with Gasteiger partial charge in [-0.05, 0) is 24.3 Å². The van der Waals surface area contributed by atoms with Gasteiger partial charge >= 0.3 is 6.18 Å². The Balaban J connectivity index is 1.76. The maximum atomic E-state index is 12.8. The van der Waals surface area contributed by atoms with Crippen molar-refractivity contribution in [1.29, 1.82) is 5.26 Å². The summed E-state index contributed by atoms with van der Waals surface area (Å²) in [5, 5.41) is 9.26. The van der Waals surface area contributed by atoms with Crippen LogP contribution in [0.2, 0.25) is 5.02 Å². The summed E-state index contributed by atoms with van der Waals surface area (Å²) in [6, 6.07) is 10.4. The largest absolute Gasteiger partial charge is 0.492 e. The molecular formula is C20H16ClF3N2O4S2. The first-order chi connectivity index (χ1) is 15.0. The minimum Gasteiger partial charge on any atom is -0.492 e. The van der Waals surface area contributed by atoms with Gasteiger partial charge in [-0.2, -0.15) is 26.9 Å². The highest BCUT2D eigenvalue weighted by Gasteiger charge is 2.34. The van der Waals surface area contributed by atoms with Crippen LogP contribution in [0.15, 0.2) is 47.5 Å². The first-order valence-electron chi connectivity index (χ1n) is 9.05. The number of hydrogen-bond acceptors (Lipinski definition) is 7. The molecular weight excluding hydrogens is 489 g/mol. The number of benzene rings is 2. The highest BCUT2D eigenvalue weighted by molar-refractivity contribution is 8.15. The van der Waals surface area contributed by atoms with Gasteiger partial charge in [0.2, 0.25) is 0 Å². The van der Waals surface area contributed by atoms with Gasteiger partial charge in [0, 0.05) is 11.6 Å². The van der Waals surface area contributed by atoms with Gasteiger partial charge in [0.05, 0.1) is 45.3 Å². The molecule has 2 atom stereocenters. The van der Waals surface area contributed by atoms with Gasteiger partial charge in [0.25, 0.3) is 10.1 Å². The maximum absolute atomic E-state index is 12.8. The number of halogens is 4. The van der Waals surface area contributed by atoms with Crippen molar-refractivity contribution in [2.45, 2.75) is 17.5 Å². The lowest BCUT2D eigenvalue weighted by molar-refractivity contribution is -0.137. The number of alkyl halides is 3. The van der Waals surface area contributed by atoms with Crippen LogP contribution in [0.3, 0.4) is 0 Å². The maximum Gasteiger partial charge on any atom is 0.416 e. The Labute approximate surface area is 192 Å². The SMILES string of the molecule is CS(=O)(=O)OCC1N=C(c2ccc(C(F)(F)F)cc2)SC1COc1ccc(C#N)c(Cl)c1. The molecule has 0 radical (unpaired) electrons. The summed E-state index contributed by atoms with van der Waals surface area (Å²) < 4.78 is 71.9. The predicted octanol–water partition coefficient (Wildman–Crippen LogP) is 4.52. The van der Waals surface area contributed by atoms with Crippen LogP contribution in [0.5, 0.6) is 5.75 Å². The van der Waals surface area contributed by atoms with Crippen molar-refractivity contribution in [3.8, 4) is 11.8 Å². The number of thioether (sulfide) groups is 1. The first kappa shape index (κ1) is 24.4. The Morgan fingerprint density at radius 2 is 1.88 bits per heavy atom. The standard InChI is InChI=1S/C20H16ClF3N2O4S2/c1-32(27,28)30-10-17-18(11-29-15-7-4-13(9-25)16(21)8-15)31-19(26-17)12-2-5-14(6-3-12)20(22,23)24/h2-8,17-18H,10-11H2,1H3. The average Bonchev–Trinajstić information content (AvgIpc) is 3.13. The van der Waals surface area contributed by atoms with Crippen molar-refractivity contribution in [2.24, 2.45) is 4.99 Å². The molecule has 0 amide bonds. The third-order valence-electron chi connectivity index (χ3n) is 4.36. The second kappa shape index (κ2) is 9.70. The van der Waals surface area contributed by atoms with Gasteiger partial charge in [-0.25, -0.2) is 0 Å². The summed E-state index contributed by atoms with van der Waals surface area (Å²) in [4.78, 5) is 4.45. The minimum atomic E-state index is -4.45. The van der Waals surface area contributed by atoms with E-state index in [0.29, 0.717) is 21.9 Å². The number of rotatable bonds is 7. The lowest BCUT2D eigenvalue weighted by Gasteiger charge is -2.17. The summed E-state index contributed by atoms with van der Waals surface area (Å²) in [6.45, 7) is -0.142. The van der Waals surface area contributed by atoms with Crippen LogP contribution < -0.4 is 4.74 Å². The minimum absolute atomic E-state index is 0.0956.